The zero-order valence-electron chi connectivity index (χ0n) is 6.92. The van der Waals surface area contributed by atoms with Gasteiger partial charge in [-0.1, -0.05) is 18.2 Å². The number of halogens is 1. The Morgan fingerprint density at radius 1 is 1.33 bits per heavy atom. The molecule has 1 aromatic heterocycles. The Labute approximate surface area is 76.6 Å². The molecule has 0 radical (unpaired) electrons. The Morgan fingerprint density at radius 3 is 2.83 bits per heavy atom. The van der Waals surface area contributed by atoms with Crippen molar-refractivity contribution < 1.29 is 0 Å². The number of aryl methyl sites for hydroxylation is 1. The largest absolute Gasteiger partial charge is 0.350 e. The smallest absolute Gasteiger partial charge is 0.0495 e. The van der Waals surface area contributed by atoms with Crippen LogP contribution in [-0.2, 0) is 12.9 Å². The Bertz CT molecular complexity index is 403. The van der Waals surface area contributed by atoms with Crippen LogP contribution < -0.4 is 0 Å². The van der Waals surface area contributed by atoms with Crippen molar-refractivity contribution in [1.29, 1.82) is 0 Å². The lowest BCUT2D eigenvalue weighted by molar-refractivity contribution is 0.963. The van der Waals surface area contributed by atoms with Crippen LogP contribution in [0, 0.1) is 0 Å². The second-order valence-corrected chi connectivity index (χ2v) is 3.18. The standard InChI is InChI=1S/C10H10ClN/c1-12-7-8(6-11)9-4-2-3-5-10(9)12/h2-5,7H,6H2,1H3. The van der Waals surface area contributed by atoms with Crippen molar-refractivity contribution in [2.45, 2.75) is 5.88 Å². The highest BCUT2D eigenvalue weighted by atomic mass is 35.5. The van der Waals surface area contributed by atoms with Crippen LogP contribution >= 0.6 is 11.6 Å². The number of hydrogen-bond donors (Lipinski definition) is 0. The van der Waals surface area contributed by atoms with Crippen molar-refractivity contribution in [2.24, 2.45) is 7.05 Å². The number of aromatic nitrogens is 1. The molecule has 0 aliphatic carbocycles. The zero-order valence-corrected chi connectivity index (χ0v) is 7.67. The number of para-hydroxylation sites is 1. The fourth-order valence-electron chi connectivity index (χ4n) is 1.53. The molecule has 1 heterocycles. The molecule has 0 saturated carbocycles. The van der Waals surface area contributed by atoms with E-state index < -0.39 is 0 Å². The summed E-state index contributed by atoms with van der Waals surface area (Å²) in [6, 6.07) is 8.29. The molecule has 0 atom stereocenters. The van der Waals surface area contributed by atoms with E-state index >= 15 is 0 Å². The first-order valence-corrected chi connectivity index (χ1v) is 4.45. The molecule has 0 bridgehead atoms. The van der Waals surface area contributed by atoms with Crippen LogP contribution in [-0.4, -0.2) is 4.57 Å². The molecule has 12 heavy (non-hydrogen) atoms. The number of rotatable bonds is 1. The second kappa shape index (κ2) is 2.83. The van der Waals surface area contributed by atoms with Gasteiger partial charge < -0.3 is 4.57 Å². The summed E-state index contributed by atoms with van der Waals surface area (Å²) in [5, 5.41) is 1.26. The minimum absolute atomic E-state index is 0.585. The topological polar surface area (TPSA) is 4.93 Å². The lowest BCUT2D eigenvalue weighted by atomic mass is 10.2. The Morgan fingerprint density at radius 2 is 2.08 bits per heavy atom. The predicted octanol–water partition coefficient (Wildman–Crippen LogP) is 2.92. The SMILES string of the molecule is Cn1cc(CCl)c2ccccc21. The van der Waals surface area contributed by atoms with E-state index in [1.54, 1.807) is 0 Å². The molecule has 0 N–H and O–H groups in total. The first-order chi connectivity index (χ1) is 5.83. The Balaban J connectivity index is 2.82. The predicted molar refractivity (Wildman–Crippen MR) is 52.5 cm³/mol. The summed E-state index contributed by atoms with van der Waals surface area (Å²) in [4.78, 5) is 0. The molecule has 62 valence electrons. The van der Waals surface area contributed by atoms with Crippen molar-refractivity contribution in [2.75, 3.05) is 0 Å². The fraction of sp³-hybridized carbons (Fsp3) is 0.200. The van der Waals surface area contributed by atoms with Crippen LogP contribution in [0.5, 0.6) is 0 Å². The van der Waals surface area contributed by atoms with Crippen LogP contribution in [0.3, 0.4) is 0 Å². The summed E-state index contributed by atoms with van der Waals surface area (Å²) >= 11 is 5.81. The molecule has 1 aromatic carbocycles. The van der Waals surface area contributed by atoms with Gasteiger partial charge in [0.15, 0.2) is 0 Å². The number of hydrogen-bond acceptors (Lipinski definition) is 0. The third-order valence-electron chi connectivity index (χ3n) is 2.12. The quantitative estimate of drug-likeness (QED) is 0.594. The van der Waals surface area contributed by atoms with Gasteiger partial charge in [0.25, 0.3) is 0 Å². The summed E-state index contributed by atoms with van der Waals surface area (Å²) in [6.45, 7) is 0. The molecule has 1 nitrogen and oxygen atoms in total. The normalized spacial score (nSPS) is 10.8. The summed E-state index contributed by atoms with van der Waals surface area (Å²) in [5.74, 6) is 0.585. The zero-order chi connectivity index (χ0) is 8.55. The van der Waals surface area contributed by atoms with Crippen LogP contribution in [0.15, 0.2) is 30.5 Å². The fourth-order valence-corrected chi connectivity index (χ4v) is 1.75. The first kappa shape index (κ1) is 7.69. The highest BCUT2D eigenvalue weighted by Gasteiger charge is 2.02. The van der Waals surface area contributed by atoms with Gasteiger partial charge in [-0.2, -0.15) is 0 Å². The number of fused-ring (bicyclic) bond motifs is 1. The molecule has 0 spiro atoms. The number of alkyl halides is 1. The van der Waals surface area contributed by atoms with E-state index in [2.05, 4.69) is 22.9 Å². The summed E-state index contributed by atoms with van der Waals surface area (Å²) in [6.07, 6.45) is 2.08. The maximum absolute atomic E-state index is 5.81. The second-order valence-electron chi connectivity index (χ2n) is 2.92. The molecule has 0 aliphatic heterocycles. The minimum Gasteiger partial charge on any atom is -0.350 e. The van der Waals surface area contributed by atoms with E-state index in [1.165, 1.54) is 16.5 Å². The lowest BCUT2D eigenvalue weighted by Gasteiger charge is -1.92. The summed E-state index contributed by atoms with van der Waals surface area (Å²) in [5.41, 5.74) is 2.45. The van der Waals surface area contributed by atoms with E-state index in [0.29, 0.717) is 5.88 Å². The molecular formula is C10H10ClN. The maximum Gasteiger partial charge on any atom is 0.0495 e. The van der Waals surface area contributed by atoms with Gasteiger partial charge in [0.2, 0.25) is 0 Å². The van der Waals surface area contributed by atoms with Crippen molar-refractivity contribution >= 4 is 22.5 Å². The third-order valence-corrected chi connectivity index (χ3v) is 2.41. The number of nitrogens with zero attached hydrogens (tertiary/aromatic N) is 1. The van der Waals surface area contributed by atoms with E-state index in [1.807, 2.05) is 19.2 Å². The average molecular weight is 180 g/mol. The minimum atomic E-state index is 0.585. The van der Waals surface area contributed by atoms with Gasteiger partial charge in [-0.25, -0.2) is 0 Å². The first-order valence-electron chi connectivity index (χ1n) is 3.92. The molecule has 2 heteroatoms. The monoisotopic (exact) mass is 179 g/mol. The van der Waals surface area contributed by atoms with E-state index in [4.69, 9.17) is 11.6 Å². The molecule has 0 saturated heterocycles. The molecule has 0 unspecified atom stereocenters. The number of benzene rings is 1. The summed E-state index contributed by atoms with van der Waals surface area (Å²) in [7, 11) is 2.04. The molecule has 0 fully saturated rings. The lowest BCUT2D eigenvalue weighted by Crippen LogP contribution is -1.81. The van der Waals surface area contributed by atoms with Gasteiger partial charge in [-0.05, 0) is 11.6 Å². The van der Waals surface area contributed by atoms with E-state index in [0.717, 1.165) is 0 Å². The van der Waals surface area contributed by atoms with E-state index in [9.17, 15) is 0 Å². The molecule has 2 aromatic rings. The molecule has 0 aliphatic rings. The van der Waals surface area contributed by atoms with Crippen LogP contribution in [0.25, 0.3) is 10.9 Å². The van der Waals surface area contributed by atoms with Gasteiger partial charge in [-0.15, -0.1) is 11.6 Å². The van der Waals surface area contributed by atoms with Gasteiger partial charge >= 0.3 is 0 Å². The maximum atomic E-state index is 5.81. The van der Waals surface area contributed by atoms with Crippen LogP contribution in [0.4, 0.5) is 0 Å². The van der Waals surface area contributed by atoms with Gasteiger partial charge in [0, 0.05) is 30.0 Å². The Hall–Kier alpha value is -0.950. The highest BCUT2D eigenvalue weighted by Crippen LogP contribution is 2.21. The van der Waals surface area contributed by atoms with Crippen molar-refractivity contribution in [3.05, 3.63) is 36.0 Å². The van der Waals surface area contributed by atoms with Gasteiger partial charge in [0.05, 0.1) is 0 Å². The van der Waals surface area contributed by atoms with Crippen molar-refractivity contribution in [3.63, 3.8) is 0 Å². The highest BCUT2D eigenvalue weighted by molar-refractivity contribution is 6.18. The molecular weight excluding hydrogens is 170 g/mol. The van der Waals surface area contributed by atoms with E-state index in [-0.39, 0.29) is 0 Å². The van der Waals surface area contributed by atoms with Crippen molar-refractivity contribution in [3.8, 4) is 0 Å². The third kappa shape index (κ3) is 1.01. The van der Waals surface area contributed by atoms with Crippen LogP contribution in [0.1, 0.15) is 5.56 Å². The summed E-state index contributed by atoms with van der Waals surface area (Å²) < 4.78 is 2.10. The molecule has 2 rings (SSSR count). The Kier molecular flexibility index (Phi) is 1.81. The van der Waals surface area contributed by atoms with Crippen molar-refractivity contribution in [1.82, 2.24) is 4.57 Å². The van der Waals surface area contributed by atoms with Gasteiger partial charge in [-0.3, -0.25) is 0 Å². The average Bonchev–Trinajstić information content (AvgIpc) is 2.44. The van der Waals surface area contributed by atoms with Gasteiger partial charge in [0.1, 0.15) is 0 Å². The van der Waals surface area contributed by atoms with Crippen LogP contribution in [0.2, 0.25) is 0 Å². The molecule has 0 amide bonds.